The van der Waals surface area contributed by atoms with Crippen LogP contribution in [0.25, 0.3) is 0 Å². The Morgan fingerprint density at radius 2 is 1.93 bits per heavy atom. The Morgan fingerprint density at radius 1 is 1.14 bits per heavy atom. The molecule has 0 saturated carbocycles. The molecule has 0 aromatic carbocycles. The maximum Gasteiger partial charge on any atom is 0.275 e. The van der Waals surface area contributed by atoms with E-state index in [1.807, 2.05) is 16.6 Å². The van der Waals surface area contributed by atoms with Crippen LogP contribution in [0, 0.1) is 5.82 Å². The minimum absolute atomic E-state index is 0.151. The molecular formula is C21H26FN5O2. The Balaban J connectivity index is 1.47. The van der Waals surface area contributed by atoms with Crippen LogP contribution in [0.5, 0.6) is 0 Å². The third kappa shape index (κ3) is 4.02. The van der Waals surface area contributed by atoms with Crippen molar-refractivity contribution in [1.82, 2.24) is 24.6 Å². The zero-order valence-corrected chi connectivity index (χ0v) is 16.7. The lowest BCUT2D eigenvalue weighted by molar-refractivity contribution is -0.132. The number of aromatic nitrogens is 3. The van der Waals surface area contributed by atoms with E-state index in [-0.39, 0.29) is 11.6 Å². The molecule has 2 aliphatic rings. The van der Waals surface area contributed by atoms with Crippen molar-refractivity contribution in [1.29, 1.82) is 0 Å². The molecule has 0 unspecified atom stereocenters. The van der Waals surface area contributed by atoms with Gasteiger partial charge in [0.1, 0.15) is 0 Å². The SMILES string of the molecule is Cn1nc(CCC(=O)N2CCCCC2)c2c1CCN(C(=O)c1ncccc1F)C2. The number of piperidine rings is 1. The molecule has 0 bridgehead atoms. The number of rotatable bonds is 4. The van der Waals surface area contributed by atoms with E-state index in [0.29, 0.717) is 32.4 Å². The van der Waals surface area contributed by atoms with Gasteiger partial charge < -0.3 is 9.80 Å². The summed E-state index contributed by atoms with van der Waals surface area (Å²) in [6, 6.07) is 2.72. The number of fused-ring (bicyclic) bond motifs is 1. The third-order valence-electron chi connectivity index (χ3n) is 5.86. The topological polar surface area (TPSA) is 71.3 Å². The van der Waals surface area contributed by atoms with E-state index in [9.17, 15) is 14.0 Å². The van der Waals surface area contributed by atoms with E-state index >= 15 is 0 Å². The Labute approximate surface area is 169 Å². The third-order valence-corrected chi connectivity index (χ3v) is 5.86. The molecule has 1 fully saturated rings. The summed E-state index contributed by atoms with van der Waals surface area (Å²) in [5.74, 6) is -0.849. The summed E-state index contributed by atoms with van der Waals surface area (Å²) in [7, 11) is 1.89. The molecule has 2 aromatic heterocycles. The number of aryl methyl sites for hydroxylation is 2. The van der Waals surface area contributed by atoms with Gasteiger partial charge in [-0.3, -0.25) is 14.3 Å². The zero-order valence-electron chi connectivity index (χ0n) is 16.7. The largest absolute Gasteiger partial charge is 0.343 e. The number of hydrogen-bond donors (Lipinski definition) is 0. The molecule has 4 rings (SSSR count). The van der Waals surface area contributed by atoms with Crippen molar-refractivity contribution in [3.8, 4) is 0 Å². The minimum atomic E-state index is -0.609. The van der Waals surface area contributed by atoms with Crippen molar-refractivity contribution in [3.63, 3.8) is 0 Å². The standard InChI is InChI=1S/C21H26FN5O2/c1-25-18-9-13-27(21(29)20-16(22)6-5-10-23-20)14-15(18)17(24-25)7-8-19(28)26-11-3-2-4-12-26/h5-6,10H,2-4,7-9,11-14H2,1H3. The molecular weight excluding hydrogens is 373 g/mol. The van der Waals surface area contributed by atoms with Gasteiger partial charge in [0.05, 0.1) is 5.69 Å². The van der Waals surface area contributed by atoms with Gasteiger partial charge >= 0.3 is 0 Å². The molecule has 2 aliphatic heterocycles. The molecule has 29 heavy (non-hydrogen) atoms. The van der Waals surface area contributed by atoms with Gasteiger partial charge in [-0.1, -0.05) is 0 Å². The molecule has 0 aliphatic carbocycles. The molecule has 0 N–H and O–H groups in total. The van der Waals surface area contributed by atoms with Crippen LogP contribution in [0.15, 0.2) is 18.3 Å². The number of carbonyl (C=O) groups is 2. The van der Waals surface area contributed by atoms with Crippen LogP contribution < -0.4 is 0 Å². The van der Waals surface area contributed by atoms with Gasteiger partial charge in [-0.2, -0.15) is 5.10 Å². The minimum Gasteiger partial charge on any atom is -0.343 e. The molecule has 7 nitrogen and oxygen atoms in total. The fourth-order valence-electron chi connectivity index (χ4n) is 4.26. The second kappa shape index (κ2) is 8.31. The van der Waals surface area contributed by atoms with Crippen molar-refractivity contribution in [2.75, 3.05) is 19.6 Å². The van der Waals surface area contributed by atoms with Gasteiger partial charge in [-0.05, 0) is 31.4 Å². The fraction of sp³-hybridized carbons (Fsp3) is 0.524. The van der Waals surface area contributed by atoms with E-state index in [1.54, 1.807) is 4.90 Å². The Morgan fingerprint density at radius 3 is 2.69 bits per heavy atom. The number of nitrogens with zero attached hydrogens (tertiary/aromatic N) is 5. The molecule has 154 valence electrons. The predicted molar refractivity (Wildman–Crippen MR) is 105 cm³/mol. The first-order chi connectivity index (χ1) is 14.0. The predicted octanol–water partition coefficient (Wildman–Crippen LogP) is 2.10. The van der Waals surface area contributed by atoms with Crippen molar-refractivity contribution >= 4 is 11.8 Å². The van der Waals surface area contributed by atoms with Crippen LogP contribution in [0.4, 0.5) is 4.39 Å². The number of hydrogen-bond acceptors (Lipinski definition) is 4. The fourth-order valence-corrected chi connectivity index (χ4v) is 4.26. The Bertz CT molecular complexity index is 920. The number of pyridine rings is 1. The Kier molecular flexibility index (Phi) is 5.60. The van der Waals surface area contributed by atoms with Crippen molar-refractivity contribution in [2.45, 2.75) is 45.1 Å². The first-order valence-corrected chi connectivity index (χ1v) is 10.3. The summed E-state index contributed by atoms with van der Waals surface area (Å²) in [6.45, 7) is 2.55. The van der Waals surface area contributed by atoms with Gasteiger partial charge in [-0.25, -0.2) is 9.37 Å². The average Bonchev–Trinajstić information content (AvgIpc) is 3.07. The van der Waals surface area contributed by atoms with Gasteiger partial charge in [0.25, 0.3) is 5.91 Å². The van der Waals surface area contributed by atoms with Gasteiger partial charge in [-0.15, -0.1) is 0 Å². The van der Waals surface area contributed by atoms with E-state index in [4.69, 9.17) is 0 Å². The first kappa shape index (κ1) is 19.5. The highest BCUT2D eigenvalue weighted by molar-refractivity contribution is 5.92. The smallest absolute Gasteiger partial charge is 0.275 e. The van der Waals surface area contributed by atoms with Crippen LogP contribution in [0.3, 0.4) is 0 Å². The first-order valence-electron chi connectivity index (χ1n) is 10.3. The maximum absolute atomic E-state index is 14.0. The van der Waals surface area contributed by atoms with Crippen LogP contribution in [-0.2, 0) is 31.2 Å². The van der Waals surface area contributed by atoms with E-state index in [0.717, 1.165) is 42.9 Å². The van der Waals surface area contributed by atoms with Crippen LogP contribution in [-0.4, -0.2) is 56.0 Å². The molecule has 2 amide bonds. The zero-order chi connectivity index (χ0) is 20.4. The van der Waals surface area contributed by atoms with Crippen molar-refractivity contribution in [3.05, 3.63) is 46.8 Å². The molecule has 4 heterocycles. The van der Waals surface area contributed by atoms with Crippen LogP contribution in [0.1, 0.15) is 53.1 Å². The molecule has 2 aromatic rings. The van der Waals surface area contributed by atoms with Gasteiger partial charge in [0.15, 0.2) is 11.5 Å². The number of carbonyl (C=O) groups excluding carboxylic acids is 2. The normalized spacial score (nSPS) is 16.6. The lowest BCUT2D eigenvalue weighted by atomic mass is 10.0. The summed E-state index contributed by atoms with van der Waals surface area (Å²) in [5, 5.41) is 4.61. The second-order valence-corrected chi connectivity index (χ2v) is 7.75. The van der Waals surface area contributed by atoms with E-state index in [1.165, 1.54) is 24.8 Å². The summed E-state index contributed by atoms with van der Waals surface area (Å²) in [5.41, 5.74) is 2.76. The average molecular weight is 399 g/mol. The molecule has 0 atom stereocenters. The Hall–Kier alpha value is -2.77. The summed E-state index contributed by atoms with van der Waals surface area (Å²) in [4.78, 5) is 32.7. The number of likely N-dealkylation sites (tertiary alicyclic amines) is 1. The summed E-state index contributed by atoms with van der Waals surface area (Å²) < 4.78 is 15.8. The molecule has 0 radical (unpaired) electrons. The van der Waals surface area contributed by atoms with E-state index < -0.39 is 11.7 Å². The monoisotopic (exact) mass is 399 g/mol. The van der Waals surface area contributed by atoms with Gasteiger partial charge in [0, 0.05) is 69.9 Å². The van der Waals surface area contributed by atoms with Crippen molar-refractivity contribution in [2.24, 2.45) is 7.05 Å². The van der Waals surface area contributed by atoms with Crippen molar-refractivity contribution < 1.29 is 14.0 Å². The lowest BCUT2D eigenvalue weighted by Crippen LogP contribution is -2.37. The van der Waals surface area contributed by atoms with E-state index in [2.05, 4.69) is 10.1 Å². The maximum atomic E-state index is 14.0. The summed E-state index contributed by atoms with van der Waals surface area (Å²) >= 11 is 0. The molecule has 8 heteroatoms. The van der Waals surface area contributed by atoms with Gasteiger partial charge in [0.2, 0.25) is 5.91 Å². The van der Waals surface area contributed by atoms with Crippen LogP contribution in [0.2, 0.25) is 0 Å². The number of amides is 2. The lowest BCUT2D eigenvalue weighted by Gasteiger charge is -2.28. The highest BCUT2D eigenvalue weighted by Gasteiger charge is 2.29. The second-order valence-electron chi connectivity index (χ2n) is 7.75. The molecule has 1 saturated heterocycles. The number of halogens is 1. The highest BCUT2D eigenvalue weighted by Crippen LogP contribution is 2.25. The quantitative estimate of drug-likeness (QED) is 0.789. The molecule has 0 spiro atoms. The highest BCUT2D eigenvalue weighted by atomic mass is 19.1. The van der Waals surface area contributed by atoms with Crippen LogP contribution >= 0.6 is 0 Å². The summed E-state index contributed by atoms with van der Waals surface area (Å²) in [6.07, 6.45) is 6.40.